The van der Waals surface area contributed by atoms with E-state index in [1.54, 1.807) is 6.07 Å². The Bertz CT molecular complexity index is 952. The van der Waals surface area contributed by atoms with E-state index in [1.165, 1.54) is 0 Å². The van der Waals surface area contributed by atoms with Crippen molar-refractivity contribution in [2.75, 3.05) is 33.0 Å². The number of piperazine rings is 1. The summed E-state index contributed by atoms with van der Waals surface area (Å²) in [6.07, 6.45) is -0.282. The molecule has 0 spiro atoms. The molecule has 1 fully saturated rings. The van der Waals surface area contributed by atoms with Crippen molar-refractivity contribution in [3.8, 4) is 11.5 Å². The fourth-order valence-corrected chi connectivity index (χ4v) is 4.10. The van der Waals surface area contributed by atoms with Crippen LogP contribution in [0.2, 0.25) is 0 Å². The van der Waals surface area contributed by atoms with Crippen molar-refractivity contribution in [3.63, 3.8) is 0 Å². The van der Waals surface area contributed by atoms with Gasteiger partial charge in [0.25, 0.3) is 5.91 Å². The molecule has 1 unspecified atom stereocenters. The monoisotopic (exact) mass is 394 g/mol. The van der Waals surface area contributed by atoms with Crippen molar-refractivity contribution < 1.29 is 23.8 Å². The number of amides is 1. The molecule has 1 amide bonds. The molecular formula is C22H22N2O5. The molecule has 3 aliphatic heterocycles. The summed E-state index contributed by atoms with van der Waals surface area (Å²) >= 11 is 0. The fraction of sp³-hybridized carbons (Fsp3) is 0.364. The van der Waals surface area contributed by atoms with Gasteiger partial charge in [-0.05, 0) is 29.3 Å². The van der Waals surface area contributed by atoms with Crippen LogP contribution < -0.4 is 9.47 Å². The summed E-state index contributed by atoms with van der Waals surface area (Å²) in [6, 6.07) is 13.3. The lowest BCUT2D eigenvalue weighted by molar-refractivity contribution is -0.142. The van der Waals surface area contributed by atoms with E-state index in [9.17, 15) is 9.59 Å². The molecule has 150 valence electrons. The van der Waals surface area contributed by atoms with E-state index < -0.39 is 12.1 Å². The maximum atomic E-state index is 12.9. The molecule has 29 heavy (non-hydrogen) atoms. The van der Waals surface area contributed by atoms with E-state index in [0.717, 1.165) is 42.3 Å². The summed E-state index contributed by atoms with van der Waals surface area (Å²) < 4.78 is 16.2. The topological polar surface area (TPSA) is 68.3 Å². The number of fused-ring (bicyclic) bond motifs is 2. The molecule has 2 aromatic carbocycles. The van der Waals surface area contributed by atoms with Crippen molar-refractivity contribution in [2.45, 2.75) is 19.1 Å². The predicted molar refractivity (Wildman–Crippen MR) is 104 cm³/mol. The Balaban J connectivity index is 1.18. The highest BCUT2D eigenvalue weighted by atomic mass is 16.7. The Kier molecular flexibility index (Phi) is 4.60. The lowest BCUT2D eigenvalue weighted by atomic mass is 9.98. The number of rotatable bonds is 3. The second-order valence-electron chi connectivity index (χ2n) is 7.54. The van der Waals surface area contributed by atoms with Crippen LogP contribution in [0.15, 0.2) is 42.5 Å². The lowest BCUT2D eigenvalue weighted by Gasteiger charge is -2.37. The Hall–Kier alpha value is -3.06. The summed E-state index contributed by atoms with van der Waals surface area (Å²) in [5.41, 5.74) is 2.60. The highest BCUT2D eigenvalue weighted by molar-refractivity contribution is 5.95. The van der Waals surface area contributed by atoms with E-state index in [1.807, 2.05) is 41.3 Å². The van der Waals surface area contributed by atoms with Crippen molar-refractivity contribution in [3.05, 3.63) is 59.2 Å². The minimum Gasteiger partial charge on any atom is -0.454 e. The van der Waals surface area contributed by atoms with Gasteiger partial charge in [0.2, 0.25) is 6.79 Å². The van der Waals surface area contributed by atoms with Crippen LogP contribution in [0, 0.1) is 0 Å². The Labute approximate surface area is 168 Å². The van der Waals surface area contributed by atoms with Crippen LogP contribution in [0.4, 0.5) is 0 Å². The van der Waals surface area contributed by atoms with Gasteiger partial charge in [-0.25, -0.2) is 4.79 Å². The number of benzene rings is 2. The summed E-state index contributed by atoms with van der Waals surface area (Å²) in [5, 5.41) is 0. The maximum absolute atomic E-state index is 12.9. The molecule has 7 heteroatoms. The third-order valence-corrected chi connectivity index (χ3v) is 5.69. The van der Waals surface area contributed by atoms with Crippen LogP contribution in [-0.4, -0.2) is 60.8 Å². The van der Waals surface area contributed by atoms with Gasteiger partial charge in [-0.3, -0.25) is 9.69 Å². The first kappa shape index (κ1) is 18.0. The van der Waals surface area contributed by atoms with Gasteiger partial charge in [0.1, 0.15) is 0 Å². The van der Waals surface area contributed by atoms with E-state index in [4.69, 9.17) is 14.2 Å². The minimum absolute atomic E-state index is 0.101. The zero-order chi connectivity index (χ0) is 19.8. The van der Waals surface area contributed by atoms with Crippen molar-refractivity contribution in [1.82, 2.24) is 9.80 Å². The number of carbonyl (C=O) groups is 2. The Morgan fingerprint density at radius 3 is 2.66 bits per heavy atom. The van der Waals surface area contributed by atoms with Crippen LogP contribution in [0.5, 0.6) is 11.5 Å². The van der Waals surface area contributed by atoms with Gasteiger partial charge in [0.15, 0.2) is 17.6 Å². The van der Waals surface area contributed by atoms with Gasteiger partial charge < -0.3 is 19.1 Å². The summed E-state index contributed by atoms with van der Waals surface area (Å²) in [4.78, 5) is 29.2. The molecule has 0 saturated carbocycles. The predicted octanol–water partition coefficient (Wildman–Crippen LogP) is 1.84. The van der Waals surface area contributed by atoms with Crippen LogP contribution in [0.25, 0.3) is 0 Å². The number of hydrogen-bond acceptors (Lipinski definition) is 6. The zero-order valence-electron chi connectivity index (χ0n) is 16.0. The molecule has 0 aromatic heterocycles. The molecule has 5 rings (SSSR count). The number of ether oxygens (including phenoxy) is 3. The number of esters is 1. The molecule has 0 aliphatic carbocycles. The fourth-order valence-electron chi connectivity index (χ4n) is 4.10. The van der Waals surface area contributed by atoms with Crippen molar-refractivity contribution in [2.24, 2.45) is 0 Å². The van der Waals surface area contributed by atoms with Crippen molar-refractivity contribution >= 4 is 11.9 Å². The lowest BCUT2D eigenvalue weighted by Crippen LogP contribution is -2.52. The molecule has 1 saturated heterocycles. The van der Waals surface area contributed by atoms with Gasteiger partial charge in [-0.1, -0.05) is 24.3 Å². The number of hydrogen-bond donors (Lipinski definition) is 0. The molecule has 2 aromatic rings. The first-order chi connectivity index (χ1) is 14.2. The molecule has 3 heterocycles. The largest absolute Gasteiger partial charge is 0.454 e. The van der Waals surface area contributed by atoms with Gasteiger partial charge in [-0.15, -0.1) is 0 Å². The normalized spacial score (nSPS) is 20.9. The van der Waals surface area contributed by atoms with Crippen molar-refractivity contribution in [1.29, 1.82) is 0 Å². The summed E-state index contributed by atoms with van der Waals surface area (Å²) in [5.74, 6) is 1.06. The number of carbonyl (C=O) groups excluding carboxylic acids is 2. The van der Waals surface area contributed by atoms with E-state index in [-0.39, 0.29) is 12.7 Å². The average Bonchev–Trinajstić information content (AvgIpc) is 3.22. The van der Waals surface area contributed by atoms with Crippen LogP contribution in [0.1, 0.15) is 21.5 Å². The van der Waals surface area contributed by atoms with Gasteiger partial charge in [0.05, 0.1) is 5.56 Å². The SMILES string of the molecule is O=C1OC(C(=O)N2CCN(Cc3ccc4c(c3)OCO4)CC2)Cc2ccccc21. The summed E-state index contributed by atoms with van der Waals surface area (Å²) in [6.45, 7) is 3.87. The molecule has 0 bridgehead atoms. The molecule has 7 nitrogen and oxygen atoms in total. The minimum atomic E-state index is -0.724. The Morgan fingerprint density at radius 1 is 1.00 bits per heavy atom. The highest BCUT2D eigenvalue weighted by Crippen LogP contribution is 2.33. The quantitative estimate of drug-likeness (QED) is 0.740. The number of nitrogens with zero attached hydrogens (tertiary/aromatic N) is 2. The first-order valence-electron chi connectivity index (χ1n) is 9.86. The third kappa shape index (κ3) is 3.53. The van der Waals surface area contributed by atoms with E-state index in [2.05, 4.69) is 4.90 Å². The molecule has 1 atom stereocenters. The average molecular weight is 394 g/mol. The standard InChI is InChI=1S/C22H22N2O5/c25-21(20-12-16-3-1-2-4-17(16)22(26)29-20)24-9-7-23(8-10-24)13-15-5-6-18-19(11-15)28-14-27-18/h1-6,11,20H,7-10,12-14H2. The Morgan fingerprint density at radius 2 is 1.79 bits per heavy atom. The van der Waals surface area contributed by atoms with Crippen LogP contribution >= 0.6 is 0 Å². The third-order valence-electron chi connectivity index (χ3n) is 5.69. The molecule has 0 N–H and O–H groups in total. The summed E-state index contributed by atoms with van der Waals surface area (Å²) in [7, 11) is 0. The second-order valence-corrected chi connectivity index (χ2v) is 7.54. The highest BCUT2D eigenvalue weighted by Gasteiger charge is 2.34. The van der Waals surface area contributed by atoms with Gasteiger partial charge in [0, 0.05) is 39.1 Å². The molecule has 0 radical (unpaired) electrons. The van der Waals surface area contributed by atoms with Gasteiger partial charge >= 0.3 is 5.97 Å². The number of cyclic esters (lactones) is 1. The smallest absolute Gasteiger partial charge is 0.339 e. The van der Waals surface area contributed by atoms with E-state index >= 15 is 0 Å². The first-order valence-corrected chi connectivity index (χ1v) is 9.86. The second kappa shape index (κ2) is 7.40. The maximum Gasteiger partial charge on any atom is 0.339 e. The van der Waals surface area contributed by atoms with Crippen LogP contribution in [-0.2, 0) is 22.5 Å². The zero-order valence-corrected chi connectivity index (χ0v) is 16.0. The van der Waals surface area contributed by atoms with Crippen LogP contribution in [0.3, 0.4) is 0 Å². The van der Waals surface area contributed by atoms with Gasteiger partial charge in [-0.2, -0.15) is 0 Å². The molecular weight excluding hydrogens is 372 g/mol. The van der Waals surface area contributed by atoms with E-state index in [0.29, 0.717) is 25.1 Å². The molecule has 3 aliphatic rings.